The quantitative estimate of drug-likeness (QED) is 0.942. The summed E-state index contributed by atoms with van der Waals surface area (Å²) in [5.41, 5.74) is 0.986. The van der Waals surface area contributed by atoms with Crippen LogP contribution >= 0.6 is 15.9 Å². The Balaban J connectivity index is 2.87. The maximum absolute atomic E-state index is 11.0. The van der Waals surface area contributed by atoms with Gasteiger partial charge < -0.3 is 19.0 Å². The maximum Gasteiger partial charge on any atom is 0.372 e. The Hall–Kier alpha value is -1.69. The smallest absolute Gasteiger partial charge is 0.372 e. The van der Waals surface area contributed by atoms with Gasteiger partial charge in [0.15, 0.2) is 11.5 Å². The largest absolute Gasteiger partial charge is 0.493 e. The number of rotatable bonds is 3. The van der Waals surface area contributed by atoms with Crippen LogP contribution in [0, 0.1) is 6.92 Å². The van der Waals surface area contributed by atoms with Crippen molar-refractivity contribution in [2.45, 2.75) is 6.92 Å². The fraction of sp³-hybridized carbons (Fsp3) is 0.250. The summed E-state index contributed by atoms with van der Waals surface area (Å²) < 4.78 is 16.3. The van der Waals surface area contributed by atoms with Gasteiger partial charge in [-0.15, -0.1) is 0 Å². The van der Waals surface area contributed by atoms with Gasteiger partial charge in [-0.25, -0.2) is 4.79 Å². The average molecular weight is 315 g/mol. The minimum absolute atomic E-state index is 0.0824. The van der Waals surface area contributed by atoms with E-state index in [0.29, 0.717) is 32.5 Å². The van der Waals surface area contributed by atoms with Crippen molar-refractivity contribution < 1.29 is 23.8 Å². The Morgan fingerprint density at radius 3 is 2.56 bits per heavy atom. The SMILES string of the molecule is COc1cc2oc(C(=O)O)c(C)c2c(Br)c1OC. The normalized spacial score (nSPS) is 10.7. The molecule has 2 aromatic rings. The van der Waals surface area contributed by atoms with Gasteiger partial charge >= 0.3 is 5.97 Å². The zero-order valence-electron chi connectivity index (χ0n) is 10.0. The van der Waals surface area contributed by atoms with E-state index in [1.54, 1.807) is 13.0 Å². The predicted molar refractivity (Wildman–Crippen MR) is 68.7 cm³/mol. The lowest BCUT2D eigenvalue weighted by Gasteiger charge is -2.09. The molecule has 0 saturated heterocycles. The Labute approximate surface area is 111 Å². The standard InChI is InChI=1S/C12H11BrO5/c1-5-8-6(18-10(5)12(14)15)4-7(16-2)11(17-3)9(8)13/h4H,1-3H3,(H,14,15). The summed E-state index contributed by atoms with van der Waals surface area (Å²) >= 11 is 3.39. The highest BCUT2D eigenvalue weighted by atomic mass is 79.9. The number of ether oxygens (including phenoxy) is 2. The van der Waals surface area contributed by atoms with Crippen molar-refractivity contribution in [3.8, 4) is 11.5 Å². The molecule has 0 unspecified atom stereocenters. The average Bonchev–Trinajstić information content (AvgIpc) is 2.66. The van der Waals surface area contributed by atoms with Crippen LogP contribution in [0.15, 0.2) is 15.0 Å². The van der Waals surface area contributed by atoms with Gasteiger partial charge in [-0.05, 0) is 22.9 Å². The molecule has 0 saturated carbocycles. The zero-order valence-corrected chi connectivity index (χ0v) is 11.6. The van der Waals surface area contributed by atoms with E-state index < -0.39 is 5.97 Å². The Kier molecular flexibility index (Phi) is 3.21. The van der Waals surface area contributed by atoms with Gasteiger partial charge in [-0.2, -0.15) is 0 Å². The van der Waals surface area contributed by atoms with Gasteiger partial charge in [0, 0.05) is 17.0 Å². The third-order valence-electron chi connectivity index (χ3n) is 2.70. The number of carboxylic acids is 1. The molecule has 0 atom stereocenters. The molecule has 0 bridgehead atoms. The predicted octanol–water partition coefficient (Wildman–Crippen LogP) is 3.22. The van der Waals surface area contributed by atoms with Crippen LogP contribution < -0.4 is 9.47 Å². The van der Waals surface area contributed by atoms with Crippen molar-refractivity contribution in [1.82, 2.24) is 0 Å². The molecule has 2 rings (SSSR count). The highest BCUT2D eigenvalue weighted by Gasteiger charge is 2.22. The van der Waals surface area contributed by atoms with E-state index in [2.05, 4.69) is 15.9 Å². The Morgan fingerprint density at radius 1 is 1.39 bits per heavy atom. The number of aryl methyl sites for hydroxylation is 1. The van der Waals surface area contributed by atoms with E-state index >= 15 is 0 Å². The van der Waals surface area contributed by atoms with Crippen molar-refractivity contribution in [3.63, 3.8) is 0 Å². The zero-order chi connectivity index (χ0) is 13.4. The molecule has 0 aliphatic rings. The van der Waals surface area contributed by atoms with Crippen LogP contribution in [-0.2, 0) is 0 Å². The van der Waals surface area contributed by atoms with Gasteiger partial charge in [0.1, 0.15) is 5.58 Å². The lowest BCUT2D eigenvalue weighted by molar-refractivity contribution is 0.0664. The number of fused-ring (bicyclic) bond motifs is 1. The molecule has 1 heterocycles. The summed E-state index contributed by atoms with van der Waals surface area (Å²) in [6.45, 7) is 1.69. The molecule has 96 valence electrons. The number of carbonyl (C=O) groups is 1. The minimum Gasteiger partial charge on any atom is -0.493 e. The fourth-order valence-corrected chi connectivity index (χ4v) is 2.71. The highest BCUT2D eigenvalue weighted by molar-refractivity contribution is 9.10. The second kappa shape index (κ2) is 4.53. The molecule has 0 spiro atoms. The van der Waals surface area contributed by atoms with Crippen molar-refractivity contribution in [3.05, 3.63) is 21.9 Å². The van der Waals surface area contributed by atoms with Crippen molar-refractivity contribution in [1.29, 1.82) is 0 Å². The minimum atomic E-state index is -1.10. The summed E-state index contributed by atoms with van der Waals surface area (Å²) in [4.78, 5) is 11.0. The van der Waals surface area contributed by atoms with Crippen molar-refractivity contribution in [2.75, 3.05) is 14.2 Å². The van der Waals surface area contributed by atoms with Crippen LogP contribution in [0.1, 0.15) is 16.1 Å². The van der Waals surface area contributed by atoms with E-state index in [9.17, 15) is 4.79 Å². The van der Waals surface area contributed by atoms with Crippen molar-refractivity contribution in [2.24, 2.45) is 0 Å². The Morgan fingerprint density at radius 2 is 2.06 bits per heavy atom. The van der Waals surface area contributed by atoms with Crippen LogP contribution in [0.5, 0.6) is 11.5 Å². The van der Waals surface area contributed by atoms with Crippen LogP contribution in [0.2, 0.25) is 0 Å². The third-order valence-corrected chi connectivity index (χ3v) is 3.45. The van der Waals surface area contributed by atoms with Gasteiger partial charge in [-0.3, -0.25) is 0 Å². The molecule has 5 nitrogen and oxygen atoms in total. The number of aromatic carboxylic acids is 1. The summed E-state index contributed by atoms with van der Waals surface area (Å²) in [5.74, 6) is -0.206. The number of hydrogen-bond acceptors (Lipinski definition) is 4. The molecule has 1 aromatic heterocycles. The third kappa shape index (κ3) is 1.73. The van der Waals surface area contributed by atoms with Gasteiger partial charge in [0.2, 0.25) is 5.76 Å². The molecule has 0 radical (unpaired) electrons. The number of benzene rings is 1. The molecule has 0 aliphatic heterocycles. The van der Waals surface area contributed by atoms with Crippen LogP contribution in [0.3, 0.4) is 0 Å². The van der Waals surface area contributed by atoms with Crippen LogP contribution in [0.25, 0.3) is 11.0 Å². The number of methoxy groups -OCH3 is 2. The molecule has 1 aromatic carbocycles. The summed E-state index contributed by atoms with van der Waals surface area (Å²) in [6.07, 6.45) is 0. The molecule has 1 N–H and O–H groups in total. The summed E-state index contributed by atoms with van der Waals surface area (Å²) in [6, 6.07) is 1.61. The van der Waals surface area contributed by atoms with Gasteiger partial charge in [-0.1, -0.05) is 0 Å². The first-order valence-electron chi connectivity index (χ1n) is 5.08. The first-order chi connectivity index (χ1) is 8.51. The second-order valence-corrected chi connectivity index (χ2v) is 4.45. The molecule has 18 heavy (non-hydrogen) atoms. The van der Waals surface area contributed by atoms with Gasteiger partial charge in [0.25, 0.3) is 0 Å². The van der Waals surface area contributed by atoms with E-state index in [1.165, 1.54) is 14.2 Å². The van der Waals surface area contributed by atoms with E-state index in [4.69, 9.17) is 19.0 Å². The Bertz CT molecular complexity index is 629. The van der Waals surface area contributed by atoms with Gasteiger partial charge in [0.05, 0.1) is 18.7 Å². The fourth-order valence-electron chi connectivity index (χ4n) is 1.86. The lowest BCUT2D eigenvalue weighted by atomic mass is 10.1. The van der Waals surface area contributed by atoms with Crippen LogP contribution in [0.4, 0.5) is 0 Å². The first-order valence-corrected chi connectivity index (χ1v) is 5.87. The number of furan rings is 1. The monoisotopic (exact) mass is 314 g/mol. The highest BCUT2D eigenvalue weighted by Crippen LogP contribution is 2.43. The molecular weight excluding hydrogens is 304 g/mol. The molecular formula is C12H11BrO5. The summed E-state index contributed by atoms with van der Waals surface area (Å²) in [5, 5.41) is 9.71. The number of hydrogen-bond donors (Lipinski definition) is 1. The van der Waals surface area contributed by atoms with E-state index in [1.807, 2.05) is 0 Å². The molecule has 0 aliphatic carbocycles. The topological polar surface area (TPSA) is 68.9 Å². The second-order valence-electron chi connectivity index (χ2n) is 3.66. The van der Waals surface area contributed by atoms with E-state index in [0.717, 1.165) is 0 Å². The van der Waals surface area contributed by atoms with E-state index in [-0.39, 0.29) is 5.76 Å². The van der Waals surface area contributed by atoms with Crippen molar-refractivity contribution >= 4 is 32.9 Å². The maximum atomic E-state index is 11.0. The number of carboxylic acid groups (broad SMARTS) is 1. The molecule has 6 heteroatoms. The lowest BCUT2D eigenvalue weighted by Crippen LogP contribution is -1.95. The molecule has 0 amide bonds. The number of halogens is 1. The van der Waals surface area contributed by atoms with Crippen LogP contribution in [-0.4, -0.2) is 25.3 Å². The molecule has 0 fully saturated rings. The summed E-state index contributed by atoms with van der Waals surface area (Å²) in [7, 11) is 3.02. The first kappa shape index (κ1) is 12.8.